The van der Waals surface area contributed by atoms with Crippen molar-refractivity contribution >= 4 is 0 Å². The summed E-state index contributed by atoms with van der Waals surface area (Å²) in [6.45, 7) is 2.36. The van der Waals surface area contributed by atoms with Crippen LogP contribution >= 0.6 is 0 Å². The van der Waals surface area contributed by atoms with Crippen LogP contribution in [0.5, 0.6) is 0 Å². The van der Waals surface area contributed by atoms with Crippen LogP contribution in [0.25, 0.3) is 0 Å². The number of aliphatic hydroxyl groups is 1. The number of methoxy groups -OCH3 is 1. The van der Waals surface area contributed by atoms with Crippen molar-refractivity contribution in [1.82, 2.24) is 0 Å². The second kappa shape index (κ2) is 7.42. The number of ether oxygens (including phenoxy) is 1. The van der Waals surface area contributed by atoms with Gasteiger partial charge < -0.3 is 9.84 Å². The summed E-state index contributed by atoms with van der Waals surface area (Å²) in [6, 6.07) is 8.66. The Morgan fingerprint density at radius 3 is 2.19 bits per heavy atom. The van der Waals surface area contributed by atoms with Gasteiger partial charge in [0.15, 0.2) is 0 Å². The van der Waals surface area contributed by atoms with E-state index in [9.17, 15) is 0 Å². The van der Waals surface area contributed by atoms with E-state index in [0.29, 0.717) is 6.10 Å². The number of aryl methyl sites for hydroxylation is 2. The zero-order chi connectivity index (χ0) is 11.8. The van der Waals surface area contributed by atoms with Gasteiger partial charge in [0, 0.05) is 13.7 Å². The second-order valence-corrected chi connectivity index (χ2v) is 4.23. The lowest BCUT2D eigenvalue weighted by atomic mass is 10.0. The molecule has 0 fully saturated rings. The van der Waals surface area contributed by atoms with Crippen LogP contribution in [0.2, 0.25) is 0 Å². The fraction of sp³-hybridized carbons (Fsp3) is 0.571. The van der Waals surface area contributed by atoms with Crippen molar-refractivity contribution in [2.24, 2.45) is 0 Å². The van der Waals surface area contributed by atoms with Gasteiger partial charge >= 0.3 is 0 Å². The molecule has 0 saturated heterocycles. The quantitative estimate of drug-likeness (QED) is 0.768. The molecule has 16 heavy (non-hydrogen) atoms. The molecule has 1 rings (SSSR count). The van der Waals surface area contributed by atoms with Crippen LogP contribution in [-0.4, -0.2) is 24.9 Å². The average Bonchev–Trinajstić information content (AvgIpc) is 2.34. The van der Waals surface area contributed by atoms with E-state index in [4.69, 9.17) is 9.84 Å². The summed E-state index contributed by atoms with van der Waals surface area (Å²) in [6.07, 6.45) is 4.27. The smallest absolute Gasteiger partial charge is 0.0546 e. The van der Waals surface area contributed by atoms with Gasteiger partial charge in [0.25, 0.3) is 0 Å². The number of aliphatic hydroxyl groups excluding tert-OH is 1. The molecule has 0 aliphatic rings. The predicted molar refractivity (Wildman–Crippen MR) is 66.6 cm³/mol. The Kier molecular flexibility index (Phi) is 6.12. The first kappa shape index (κ1) is 13.2. The van der Waals surface area contributed by atoms with E-state index in [1.807, 2.05) is 0 Å². The number of rotatable bonds is 7. The first-order valence-electron chi connectivity index (χ1n) is 5.97. The third-order valence-corrected chi connectivity index (χ3v) is 2.89. The van der Waals surface area contributed by atoms with Crippen LogP contribution < -0.4 is 0 Å². The molecule has 0 bridgehead atoms. The summed E-state index contributed by atoms with van der Waals surface area (Å²) in [4.78, 5) is 0. The van der Waals surface area contributed by atoms with E-state index in [1.54, 1.807) is 7.11 Å². The molecule has 0 saturated carbocycles. The van der Waals surface area contributed by atoms with Gasteiger partial charge in [-0.2, -0.15) is 0 Å². The van der Waals surface area contributed by atoms with Gasteiger partial charge in [-0.05, 0) is 43.7 Å². The van der Waals surface area contributed by atoms with Crippen molar-refractivity contribution in [2.75, 3.05) is 13.7 Å². The summed E-state index contributed by atoms with van der Waals surface area (Å²) in [5.41, 5.74) is 2.66. The van der Waals surface area contributed by atoms with E-state index in [1.165, 1.54) is 11.1 Å². The molecule has 1 N–H and O–H groups in total. The maximum Gasteiger partial charge on any atom is 0.0546 e. The summed E-state index contributed by atoms with van der Waals surface area (Å²) in [5, 5.41) is 8.74. The highest BCUT2D eigenvalue weighted by molar-refractivity contribution is 5.22. The van der Waals surface area contributed by atoms with Gasteiger partial charge in [-0.15, -0.1) is 0 Å². The van der Waals surface area contributed by atoms with Crippen LogP contribution in [0.4, 0.5) is 0 Å². The molecule has 90 valence electrons. The van der Waals surface area contributed by atoms with Gasteiger partial charge in [-0.3, -0.25) is 0 Å². The van der Waals surface area contributed by atoms with Crippen molar-refractivity contribution in [3.8, 4) is 0 Å². The van der Waals surface area contributed by atoms with Crippen LogP contribution in [0, 0.1) is 0 Å². The summed E-state index contributed by atoms with van der Waals surface area (Å²) in [7, 11) is 1.75. The Bertz CT molecular complexity index is 279. The molecular weight excluding hydrogens is 200 g/mol. The maximum atomic E-state index is 8.74. The van der Waals surface area contributed by atoms with Gasteiger partial charge in [-0.1, -0.05) is 24.3 Å². The maximum absolute atomic E-state index is 8.74. The molecule has 0 aliphatic carbocycles. The molecule has 0 radical (unpaired) electrons. The molecule has 2 heteroatoms. The summed E-state index contributed by atoms with van der Waals surface area (Å²) in [5.74, 6) is 0. The lowest BCUT2D eigenvalue weighted by Crippen LogP contribution is -2.05. The first-order valence-corrected chi connectivity index (χ1v) is 5.97. The Morgan fingerprint density at radius 1 is 1.12 bits per heavy atom. The Morgan fingerprint density at radius 2 is 1.69 bits per heavy atom. The minimum atomic E-state index is 0.271. The zero-order valence-corrected chi connectivity index (χ0v) is 10.3. The summed E-state index contributed by atoms with van der Waals surface area (Å²) >= 11 is 0. The van der Waals surface area contributed by atoms with Crippen molar-refractivity contribution in [2.45, 2.75) is 38.7 Å². The Hall–Kier alpha value is -0.860. The zero-order valence-electron chi connectivity index (χ0n) is 10.3. The Balaban J connectivity index is 2.38. The van der Waals surface area contributed by atoms with Gasteiger partial charge in [0.2, 0.25) is 0 Å². The second-order valence-electron chi connectivity index (χ2n) is 4.23. The molecule has 0 heterocycles. The number of hydrogen-bond donors (Lipinski definition) is 1. The van der Waals surface area contributed by atoms with E-state index in [-0.39, 0.29) is 6.61 Å². The van der Waals surface area contributed by atoms with Crippen LogP contribution in [0.3, 0.4) is 0 Å². The molecule has 1 aromatic carbocycles. The minimum absolute atomic E-state index is 0.271. The first-order chi connectivity index (χ1) is 7.76. The molecule has 0 aromatic heterocycles. The van der Waals surface area contributed by atoms with E-state index in [0.717, 1.165) is 25.7 Å². The predicted octanol–water partition coefficient (Wildman–Crippen LogP) is 2.58. The van der Waals surface area contributed by atoms with Crippen LogP contribution in [0.15, 0.2) is 24.3 Å². The molecular formula is C14H22O2. The van der Waals surface area contributed by atoms with Crippen molar-refractivity contribution in [3.63, 3.8) is 0 Å². The number of hydrogen-bond acceptors (Lipinski definition) is 2. The van der Waals surface area contributed by atoms with Gasteiger partial charge in [0.1, 0.15) is 0 Å². The third-order valence-electron chi connectivity index (χ3n) is 2.89. The SMILES string of the molecule is COC(C)CCc1ccc(CCCO)cc1. The highest BCUT2D eigenvalue weighted by atomic mass is 16.5. The fourth-order valence-corrected chi connectivity index (χ4v) is 1.64. The fourth-order valence-electron chi connectivity index (χ4n) is 1.64. The number of benzene rings is 1. The molecule has 1 atom stereocenters. The van der Waals surface area contributed by atoms with Crippen molar-refractivity contribution in [3.05, 3.63) is 35.4 Å². The van der Waals surface area contributed by atoms with Crippen LogP contribution in [0.1, 0.15) is 30.9 Å². The third kappa shape index (κ3) is 4.77. The lowest BCUT2D eigenvalue weighted by molar-refractivity contribution is 0.111. The van der Waals surface area contributed by atoms with E-state index >= 15 is 0 Å². The highest BCUT2D eigenvalue weighted by Crippen LogP contribution is 2.10. The topological polar surface area (TPSA) is 29.5 Å². The average molecular weight is 222 g/mol. The van der Waals surface area contributed by atoms with Crippen LogP contribution in [-0.2, 0) is 17.6 Å². The standard InChI is InChI=1S/C14H22O2/c1-12(16-2)5-6-14-9-7-13(8-10-14)4-3-11-15/h7-10,12,15H,3-6,11H2,1-2H3. The Labute approximate surface area is 98.3 Å². The van der Waals surface area contributed by atoms with E-state index < -0.39 is 0 Å². The molecule has 0 amide bonds. The van der Waals surface area contributed by atoms with Gasteiger partial charge in [0.05, 0.1) is 6.10 Å². The molecule has 1 aromatic rings. The molecule has 1 unspecified atom stereocenters. The van der Waals surface area contributed by atoms with Crippen molar-refractivity contribution < 1.29 is 9.84 Å². The molecule has 0 aliphatic heterocycles. The summed E-state index contributed by atoms with van der Waals surface area (Å²) < 4.78 is 5.22. The van der Waals surface area contributed by atoms with Crippen molar-refractivity contribution in [1.29, 1.82) is 0 Å². The largest absolute Gasteiger partial charge is 0.396 e. The monoisotopic (exact) mass is 222 g/mol. The minimum Gasteiger partial charge on any atom is -0.396 e. The lowest BCUT2D eigenvalue weighted by Gasteiger charge is -2.09. The van der Waals surface area contributed by atoms with Gasteiger partial charge in [-0.25, -0.2) is 0 Å². The molecule has 0 spiro atoms. The molecule has 2 nitrogen and oxygen atoms in total. The normalized spacial score (nSPS) is 12.7. The van der Waals surface area contributed by atoms with E-state index in [2.05, 4.69) is 31.2 Å². The highest BCUT2D eigenvalue weighted by Gasteiger charge is 2.00.